The molecule has 2 saturated heterocycles. The predicted octanol–water partition coefficient (Wildman–Crippen LogP) is 2.32. The van der Waals surface area contributed by atoms with Crippen molar-refractivity contribution in [3.63, 3.8) is 0 Å². The molecule has 2 aliphatic heterocycles. The summed E-state index contributed by atoms with van der Waals surface area (Å²) in [4.78, 5) is 13.9. The molecule has 2 aliphatic rings. The first kappa shape index (κ1) is 14.4. The Morgan fingerprint density at radius 2 is 1.90 bits per heavy atom. The molecule has 0 aliphatic carbocycles. The van der Waals surface area contributed by atoms with Crippen molar-refractivity contribution in [2.24, 2.45) is 5.41 Å². The van der Waals surface area contributed by atoms with Gasteiger partial charge in [0, 0.05) is 30.6 Å². The summed E-state index contributed by atoms with van der Waals surface area (Å²) in [7, 11) is 0. The zero-order chi connectivity index (χ0) is 15.0. The Morgan fingerprint density at radius 1 is 1.19 bits per heavy atom. The van der Waals surface area contributed by atoms with Crippen LogP contribution in [0.25, 0.3) is 0 Å². The Hall–Kier alpha value is -1.56. The summed E-state index contributed by atoms with van der Waals surface area (Å²) in [6.07, 6.45) is 3.01. The Balaban J connectivity index is 1.77. The van der Waals surface area contributed by atoms with Gasteiger partial charge in [0.25, 0.3) is 5.91 Å². The second-order valence-corrected chi connectivity index (χ2v) is 6.01. The van der Waals surface area contributed by atoms with E-state index in [1.54, 1.807) is 4.90 Å². The lowest BCUT2D eigenvalue weighted by atomic mass is 9.80. The molecule has 1 amide bonds. The molecule has 0 bridgehead atoms. The first-order valence-electron chi connectivity index (χ1n) is 7.15. The number of halogens is 3. The van der Waals surface area contributed by atoms with E-state index in [1.165, 1.54) is 0 Å². The number of nitrogens with zero attached hydrogens (tertiary/aromatic N) is 1. The van der Waals surface area contributed by atoms with E-state index < -0.39 is 23.4 Å². The molecule has 1 spiro atoms. The minimum atomic E-state index is -1.54. The van der Waals surface area contributed by atoms with Crippen molar-refractivity contribution in [1.82, 2.24) is 10.2 Å². The number of hydrogen-bond donors (Lipinski definition) is 1. The van der Waals surface area contributed by atoms with Gasteiger partial charge in [-0.1, -0.05) is 0 Å². The van der Waals surface area contributed by atoms with Crippen molar-refractivity contribution >= 4 is 5.91 Å². The summed E-state index contributed by atoms with van der Waals surface area (Å²) < 4.78 is 39.4. The highest BCUT2D eigenvalue weighted by Crippen LogP contribution is 2.37. The topological polar surface area (TPSA) is 32.3 Å². The van der Waals surface area contributed by atoms with Gasteiger partial charge in [0.1, 0.15) is 0 Å². The van der Waals surface area contributed by atoms with Gasteiger partial charge < -0.3 is 10.2 Å². The van der Waals surface area contributed by atoms with Crippen molar-refractivity contribution in [1.29, 1.82) is 0 Å². The van der Waals surface area contributed by atoms with Gasteiger partial charge in [-0.3, -0.25) is 4.79 Å². The van der Waals surface area contributed by atoms with Crippen LogP contribution in [-0.2, 0) is 0 Å². The Morgan fingerprint density at radius 3 is 2.52 bits per heavy atom. The van der Waals surface area contributed by atoms with Crippen molar-refractivity contribution in [3.05, 3.63) is 35.1 Å². The van der Waals surface area contributed by atoms with Crippen LogP contribution in [0.5, 0.6) is 0 Å². The number of carbonyl (C=O) groups is 1. The lowest BCUT2D eigenvalue weighted by Gasteiger charge is -2.33. The first-order valence-corrected chi connectivity index (χ1v) is 7.15. The molecular formula is C15H17F3N2O. The summed E-state index contributed by atoms with van der Waals surface area (Å²) >= 11 is 0. The highest BCUT2D eigenvalue weighted by atomic mass is 19.2. The molecule has 2 heterocycles. The molecule has 1 aromatic rings. The van der Waals surface area contributed by atoms with Crippen molar-refractivity contribution in [3.8, 4) is 0 Å². The molecule has 21 heavy (non-hydrogen) atoms. The SMILES string of the molecule is O=C(c1cc(F)c(F)c(F)c1)N1CCC2(CCCNC2)C1. The molecule has 1 N–H and O–H groups in total. The number of likely N-dealkylation sites (tertiary alicyclic amines) is 1. The molecular weight excluding hydrogens is 281 g/mol. The number of rotatable bonds is 1. The van der Waals surface area contributed by atoms with Crippen LogP contribution in [0.2, 0.25) is 0 Å². The van der Waals surface area contributed by atoms with Crippen molar-refractivity contribution in [2.45, 2.75) is 19.3 Å². The molecule has 114 valence electrons. The minimum absolute atomic E-state index is 0.0744. The van der Waals surface area contributed by atoms with E-state index in [-0.39, 0.29) is 11.0 Å². The van der Waals surface area contributed by atoms with Gasteiger partial charge in [-0.05, 0) is 37.9 Å². The zero-order valence-electron chi connectivity index (χ0n) is 11.6. The van der Waals surface area contributed by atoms with E-state index in [1.807, 2.05) is 0 Å². The summed E-state index contributed by atoms with van der Waals surface area (Å²) in [5.74, 6) is -4.63. The molecule has 1 atom stereocenters. The van der Waals surface area contributed by atoms with Crippen LogP contribution in [-0.4, -0.2) is 37.0 Å². The van der Waals surface area contributed by atoms with Gasteiger partial charge in [-0.2, -0.15) is 0 Å². The summed E-state index contributed by atoms with van der Waals surface area (Å²) in [5, 5.41) is 3.33. The van der Waals surface area contributed by atoms with Crippen LogP contribution in [0.1, 0.15) is 29.6 Å². The second kappa shape index (κ2) is 5.33. The summed E-state index contributed by atoms with van der Waals surface area (Å²) in [5.41, 5.74) is -0.0578. The van der Waals surface area contributed by atoms with Crippen LogP contribution in [0, 0.1) is 22.9 Å². The van der Waals surface area contributed by atoms with E-state index in [0.717, 1.165) is 44.5 Å². The molecule has 6 heteroatoms. The Kier molecular flexibility index (Phi) is 3.65. The zero-order valence-corrected chi connectivity index (χ0v) is 11.6. The summed E-state index contributed by atoms with van der Waals surface area (Å²) in [6, 6.07) is 1.54. The highest BCUT2D eigenvalue weighted by Gasteiger charge is 2.40. The number of hydrogen-bond acceptors (Lipinski definition) is 2. The van der Waals surface area contributed by atoms with Gasteiger partial charge in [0.15, 0.2) is 17.5 Å². The van der Waals surface area contributed by atoms with Gasteiger partial charge in [0.2, 0.25) is 0 Å². The fraction of sp³-hybridized carbons (Fsp3) is 0.533. The van der Waals surface area contributed by atoms with E-state index >= 15 is 0 Å². The third-order valence-corrected chi connectivity index (χ3v) is 4.52. The largest absolute Gasteiger partial charge is 0.338 e. The average Bonchev–Trinajstić information content (AvgIpc) is 2.88. The lowest BCUT2D eigenvalue weighted by Crippen LogP contribution is -2.42. The Bertz CT molecular complexity index is 547. The molecule has 2 fully saturated rings. The van der Waals surface area contributed by atoms with Crippen LogP contribution in [0.15, 0.2) is 12.1 Å². The van der Waals surface area contributed by atoms with Crippen LogP contribution < -0.4 is 5.32 Å². The van der Waals surface area contributed by atoms with Crippen molar-refractivity contribution in [2.75, 3.05) is 26.2 Å². The second-order valence-electron chi connectivity index (χ2n) is 6.01. The maximum Gasteiger partial charge on any atom is 0.254 e. The minimum Gasteiger partial charge on any atom is -0.338 e. The van der Waals surface area contributed by atoms with E-state index in [0.29, 0.717) is 13.1 Å². The third-order valence-electron chi connectivity index (χ3n) is 4.52. The molecule has 0 aromatic heterocycles. The van der Waals surface area contributed by atoms with E-state index in [9.17, 15) is 18.0 Å². The molecule has 0 saturated carbocycles. The van der Waals surface area contributed by atoms with Gasteiger partial charge in [0.05, 0.1) is 0 Å². The number of benzene rings is 1. The number of nitrogens with one attached hydrogen (secondary N) is 1. The predicted molar refractivity (Wildman–Crippen MR) is 71.4 cm³/mol. The van der Waals surface area contributed by atoms with Crippen molar-refractivity contribution < 1.29 is 18.0 Å². The third kappa shape index (κ3) is 2.64. The smallest absolute Gasteiger partial charge is 0.254 e. The fourth-order valence-electron chi connectivity index (χ4n) is 3.35. The number of amides is 1. The maximum absolute atomic E-state index is 13.2. The van der Waals surface area contributed by atoms with Gasteiger partial charge >= 0.3 is 0 Å². The normalized spacial score (nSPS) is 25.6. The monoisotopic (exact) mass is 298 g/mol. The first-order chi connectivity index (χ1) is 10.0. The highest BCUT2D eigenvalue weighted by molar-refractivity contribution is 5.94. The standard InChI is InChI=1S/C15H17F3N2O/c16-11-6-10(7-12(17)13(11)18)14(21)20-5-3-15(9-20)2-1-4-19-8-15/h6-7,19H,1-5,8-9H2. The number of carbonyl (C=O) groups excluding carboxylic acids is 1. The molecule has 1 aromatic carbocycles. The van der Waals surface area contributed by atoms with Crippen LogP contribution >= 0.6 is 0 Å². The Labute approximate surface area is 121 Å². The number of piperidine rings is 1. The molecule has 3 nitrogen and oxygen atoms in total. The fourth-order valence-corrected chi connectivity index (χ4v) is 3.35. The van der Waals surface area contributed by atoms with E-state index in [2.05, 4.69) is 5.32 Å². The summed E-state index contributed by atoms with van der Waals surface area (Å²) in [6.45, 7) is 3.01. The maximum atomic E-state index is 13.2. The van der Waals surface area contributed by atoms with E-state index in [4.69, 9.17) is 0 Å². The van der Waals surface area contributed by atoms with Gasteiger partial charge in [-0.25, -0.2) is 13.2 Å². The lowest BCUT2D eigenvalue weighted by molar-refractivity contribution is 0.0763. The quantitative estimate of drug-likeness (QED) is 0.807. The molecule has 1 unspecified atom stereocenters. The van der Waals surface area contributed by atoms with Crippen LogP contribution in [0.4, 0.5) is 13.2 Å². The molecule has 0 radical (unpaired) electrons. The average molecular weight is 298 g/mol. The molecule has 3 rings (SSSR count). The van der Waals surface area contributed by atoms with Gasteiger partial charge in [-0.15, -0.1) is 0 Å². The van der Waals surface area contributed by atoms with Crippen LogP contribution in [0.3, 0.4) is 0 Å².